The van der Waals surface area contributed by atoms with E-state index in [2.05, 4.69) is 15.3 Å². The minimum absolute atomic E-state index is 0.125. The number of benzene rings is 1. The summed E-state index contributed by atoms with van der Waals surface area (Å²) in [4.78, 5) is 21.7. The predicted octanol–water partition coefficient (Wildman–Crippen LogP) is 2.50. The fraction of sp³-hybridized carbons (Fsp3) is 0.474. The molecule has 1 aromatic heterocycles. The fourth-order valence-corrected chi connectivity index (χ4v) is 3.46. The maximum atomic E-state index is 12.7. The second kappa shape index (κ2) is 8.16. The van der Waals surface area contributed by atoms with Gasteiger partial charge in [-0.25, -0.2) is 9.78 Å². The van der Waals surface area contributed by atoms with Crippen molar-refractivity contribution in [2.24, 2.45) is 5.92 Å². The molecule has 3 N–H and O–H groups in total. The predicted molar refractivity (Wildman–Crippen MR) is 96.0 cm³/mol. The number of nitrogens with one attached hydrogen (secondary N) is 2. The summed E-state index contributed by atoms with van der Waals surface area (Å²) < 4.78 is 0. The number of carbonyl (C=O) groups is 1. The number of rotatable bonds is 6. The average Bonchev–Trinajstić information content (AvgIpc) is 3.27. The van der Waals surface area contributed by atoms with Gasteiger partial charge in [0.15, 0.2) is 0 Å². The van der Waals surface area contributed by atoms with Gasteiger partial charge in [-0.1, -0.05) is 36.8 Å². The normalized spacial score (nSPS) is 21.0. The summed E-state index contributed by atoms with van der Waals surface area (Å²) in [6, 6.07) is 9.63. The minimum Gasteiger partial charge on any atom is -0.393 e. The van der Waals surface area contributed by atoms with E-state index in [-0.39, 0.29) is 24.1 Å². The molecule has 0 saturated heterocycles. The molecule has 2 aromatic rings. The molecule has 134 valence electrons. The number of urea groups is 1. The van der Waals surface area contributed by atoms with Gasteiger partial charge in [0.05, 0.1) is 12.1 Å². The van der Waals surface area contributed by atoms with Gasteiger partial charge in [-0.15, -0.1) is 0 Å². The number of aromatic nitrogens is 2. The van der Waals surface area contributed by atoms with Crippen LogP contribution in [0.25, 0.3) is 0 Å². The van der Waals surface area contributed by atoms with E-state index in [1.165, 1.54) is 0 Å². The van der Waals surface area contributed by atoms with Crippen LogP contribution in [0.4, 0.5) is 4.79 Å². The van der Waals surface area contributed by atoms with E-state index in [4.69, 9.17) is 0 Å². The molecule has 1 aliphatic carbocycles. The van der Waals surface area contributed by atoms with Gasteiger partial charge in [0.2, 0.25) is 0 Å². The van der Waals surface area contributed by atoms with E-state index in [0.717, 1.165) is 30.7 Å². The Morgan fingerprint density at radius 3 is 2.84 bits per heavy atom. The van der Waals surface area contributed by atoms with Crippen molar-refractivity contribution in [1.82, 2.24) is 20.2 Å². The van der Waals surface area contributed by atoms with Crippen LogP contribution in [0.3, 0.4) is 0 Å². The first-order valence-corrected chi connectivity index (χ1v) is 8.86. The van der Waals surface area contributed by atoms with Gasteiger partial charge in [-0.2, -0.15) is 0 Å². The Balaban J connectivity index is 1.65. The van der Waals surface area contributed by atoms with Gasteiger partial charge in [0, 0.05) is 38.3 Å². The van der Waals surface area contributed by atoms with E-state index < -0.39 is 0 Å². The van der Waals surface area contributed by atoms with Crippen LogP contribution in [-0.4, -0.2) is 45.7 Å². The molecule has 6 heteroatoms. The molecule has 0 unspecified atom stereocenters. The van der Waals surface area contributed by atoms with Gasteiger partial charge in [-0.05, 0) is 18.4 Å². The molecular weight excluding hydrogens is 316 g/mol. The number of hydrogen-bond donors (Lipinski definition) is 3. The first-order chi connectivity index (χ1) is 12.1. The Bertz CT molecular complexity index is 659. The molecule has 6 nitrogen and oxygen atoms in total. The number of imidazole rings is 1. The minimum atomic E-state index is -0.289. The third-order valence-corrected chi connectivity index (χ3v) is 4.93. The van der Waals surface area contributed by atoms with Crippen molar-refractivity contribution in [3.63, 3.8) is 0 Å². The Labute approximate surface area is 148 Å². The van der Waals surface area contributed by atoms with E-state index in [9.17, 15) is 9.90 Å². The summed E-state index contributed by atoms with van der Waals surface area (Å²) in [5, 5.41) is 13.1. The van der Waals surface area contributed by atoms with Crippen molar-refractivity contribution < 1.29 is 9.90 Å². The number of hydrogen-bond acceptors (Lipinski definition) is 3. The number of nitrogens with zero attached hydrogens (tertiary/aromatic N) is 2. The highest BCUT2D eigenvalue weighted by molar-refractivity contribution is 5.74. The summed E-state index contributed by atoms with van der Waals surface area (Å²) in [5.41, 5.74) is 1.04. The zero-order valence-electron chi connectivity index (χ0n) is 14.6. The molecule has 1 saturated carbocycles. The third kappa shape index (κ3) is 4.60. The molecule has 25 heavy (non-hydrogen) atoms. The zero-order valence-corrected chi connectivity index (χ0v) is 14.6. The van der Waals surface area contributed by atoms with Gasteiger partial charge in [-0.3, -0.25) is 0 Å². The smallest absolute Gasteiger partial charge is 0.317 e. The van der Waals surface area contributed by atoms with Crippen LogP contribution < -0.4 is 5.32 Å². The first kappa shape index (κ1) is 17.5. The number of aromatic amines is 1. The van der Waals surface area contributed by atoms with Gasteiger partial charge in [0.25, 0.3) is 0 Å². The van der Waals surface area contributed by atoms with E-state index in [0.29, 0.717) is 13.0 Å². The lowest BCUT2D eigenvalue weighted by Crippen LogP contribution is -2.43. The molecule has 1 aliphatic rings. The third-order valence-electron chi connectivity index (χ3n) is 4.93. The van der Waals surface area contributed by atoms with Crippen molar-refractivity contribution >= 4 is 6.03 Å². The van der Waals surface area contributed by atoms with Crippen LogP contribution in [0.1, 0.15) is 36.7 Å². The zero-order chi connectivity index (χ0) is 17.6. The second-order valence-corrected chi connectivity index (χ2v) is 6.79. The summed E-state index contributed by atoms with van der Waals surface area (Å²) in [6.45, 7) is 0.579. The Morgan fingerprint density at radius 1 is 1.40 bits per heavy atom. The first-order valence-electron chi connectivity index (χ1n) is 8.86. The number of carbonyl (C=O) groups excluding carboxylic acids is 1. The van der Waals surface area contributed by atoms with Crippen molar-refractivity contribution in [2.45, 2.75) is 37.8 Å². The Kier molecular flexibility index (Phi) is 5.71. The lowest BCUT2D eigenvalue weighted by Gasteiger charge is -2.26. The number of H-pyrrole nitrogens is 1. The quantitative estimate of drug-likeness (QED) is 0.754. The molecule has 2 amide bonds. The molecule has 0 radical (unpaired) electrons. The summed E-state index contributed by atoms with van der Waals surface area (Å²) in [6.07, 6.45) is 6.66. The molecule has 3 atom stereocenters. The number of aliphatic hydroxyl groups excluding tert-OH is 1. The second-order valence-electron chi connectivity index (χ2n) is 6.79. The summed E-state index contributed by atoms with van der Waals surface area (Å²) in [7, 11) is 1.79. The maximum absolute atomic E-state index is 12.7. The number of aliphatic hydroxyl groups is 1. The SMILES string of the molecule is CN(C[C@@H]1CCC[C@@H]1O)C(=O)N[C@H](Cc1ncc[nH]1)c1ccccc1. The van der Waals surface area contributed by atoms with Crippen molar-refractivity contribution in [3.05, 3.63) is 54.1 Å². The highest BCUT2D eigenvalue weighted by Crippen LogP contribution is 2.26. The van der Waals surface area contributed by atoms with Crippen LogP contribution in [0.2, 0.25) is 0 Å². The maximum Gasteiger partial charge on any atom is 0.317 e. The molecule has 0 bridgehead atoms. The lowest BCUT2D eigenvalue weighted by atomic mass is 10.0. The van der Waals surface area contributed by atoms with Crippen molar-refractivity contribution in [3.8, 4) is 0 Å². The molecule has 1 fully saturated rings. The topological polar surface area (TPSA) is 81.2 Å². The van der Waals surface area contributed by atoms with Crippen LogP contribution in [-0.2, 0) is 6.42 Å². The monoisotopic (exact) mass is 342 g/mol. The van der Waals surface area contributed by atoms with Gasteiger partial charge >= 0.3 is 6.03 Å². The largest absolute Gasteiger partial charge is 0.393 e. The van der Waals surface area contributed by atoms with Crippen molar-refractivity contribution in [2.75, 3.05) is 13.6 Å². The molecule has 3 rings (SSSR count). The van der Waals surface area contributed by atoms with Crippen LogP contribution >= 0.6 is 0 Å². The van der Waals surface area contributed by atoms with Crippen LogP contribution in [0.15, 0.2) is 42.7 Å². The molecular formula is C19H26N4O2. The molecule has 1 aromatic carbocycles. The van der Waals surface area contributed by atoms with E-state index in [1.54, 1.807) is 24.3 Å². The highest BCUT2D eigenvalue weighted by Gasteiger charge is 2.28. The lowest BCUT2D eigenvalue weighted by molar-refractivity contribution is 0.113. The standard InChI is InChI=1S/C19H26N4O2/c1-23(13-15-8-5-9-17(15)24)19(25)22-16(12-18-20-10-11-21-18)14-6-3-2-4-7-14/h2-4,6-7,10-11,15-17,24H,5,8-9,12-13H2,1H3,(H,20,21)(H,22,25)/t15-,16+,17-/m0/s1. The van der Waals surface area contributed by atoms with Crippen LogP contribution in [0, 0.1) is 5.92 Å². The van der Waals surface area contributed by atoms with Gasteiger partial charge in [0.1, 0.15) is 5.82 Å². The Morgan fingerprint density at radius 2 is 2.20 bits per heavy atom. The fourth-order valence-electron chi connectivity index (χ4n) is 3.46. The number of amides is 2. The summed E-state index contributed by atoms with van der Waals surface area (Å²) >= 11 is 0. The van der Waals surface area contributed by atoms with Gasteiger partial charge < -0.3 is 20.3 Å². The Hall–Kier alpha value is -2.34. The van der Waals surface area contributed by atoms with Crippen molar-refractivity contribution in [1.29, 1.82) is 0 Å². The van der Waals surface area contributed by atoms with E-state index >= 15 is 0 Å². The molecule has 0 spiro atoms. The average molecular weight is 342 g/mol. The molecule has 1 heterocycles. The van der Waals surface area contributed by atoms with Crippen LogP contribution in [0.5, 0.6) is 0 Å². The van der Waals surface area contributed by atoms with E-state index in [1.807, 2.05) is 30.3 Å². The highest BCUT2D eigenvalue weighted by atomic mass is 16.3. The molecule has 0 aliphatic heterocycles. The summed E-state index contributed by atoms with van der Waals surface area (Å²) in [5.74, 6) is 1.01.